The van der Waals surface area contributed by atoms with Gasteiger partial charge in [-0.05, 0) is 25.7 Å². The van der Waals surface area contributed by atoms with E-state index < -0.39 is 11.5 Å². The molecule has 3 atom stereocenters. The number of nitrogens with one attached hydrogen (secondary N) is 1. The number of carboxylic acid groups (broad SMARTS) is 1. The zero-order valence-electron chi connectivity index (χ0n) is 9.49. The Morgan fingerprint density at radius 3 is 2.73 bits per heavy atom. The van der Waals surface area contributed by atoms with E-state index in [1.54, 1.807) is 0 Å². The van der Waals surface area contributed by atoms with Crippen molar-refractivity contribution in [3.8, 4) is 0 Å². The van der Waals surface area contributed by atoms with Crippen molar-refractivity contribution in [2.75, 3.05) is 6.61 Å². The zero-order valence-corrected chi connectivity index (χ0v) is 9.49. The summed E-state index contributed by atoms with van der Waals surface area (Å²) >= 11 is 0. The summed E-state index contributed by atoms with van der Waals surface area (Å²) in [6, 6.07) is -0.165. The number of aliphatic hydroxyl groups is 1. The summed E-state index contributed by atoms with van der Waals surface area (Å²) in [5, 5.41) is 21.4. The van der Waals surface area contributed by atoms with Crippen LogP contribution in [-0.4, -0.2) is 34.4 Å². The lowest BCUT2D eigenvalue weighted by Crippen LogP contribution is -2.61. The summed E-state index contributed by atoms with van der Waals surface area (Å²) in [4.78, 5) is 11.4. The third-order valence-corrected chi connectivity index (χ3v) is 3.46. The molecule has 0 heterocycles. The molecule has 0 aromatic carbocycles. The minimum absolute atomic E-state index is 0.0260. The van der Waals surface area contributed by atoms with Gasteiger partial charge in [0.05, 0.1) is 6.61 Å². The third-order valence-electron chi connectivity index (χ3n) is 3.46. The largest absolute Gasteiger partial charge is 0.480 e. The predicted molar refractivity (Wildman–Crippen MR) is 57.7 cm³/mol. The molecule has 3 N–H and O–H groups in total. The highest BCUT2D eigenvalue weighted by molar-refractivity contribution is 5.79. The molecule has 0 aliphatic heterocycles. The second kappa shape index (κ2) is 4.94. The number of carboxylic acids is 1. The molecule has 0 bridgehead atoms. The van der Waals surface area contributed by atoms with E-state index >= 15 is 0 Å². The first kappa shape index (κ1) is 12.5. The lowest BCUT2D eigenvalue weighted by Gasteiger charge is -2.41. The number of hydrogen-bond donors (Lipinski definition) is 3. The molecule has 1 rings (SSSR count). The molecule has 4 heteroatoms. The first-order valence-corrected chi connectivity index (χ1v) is 5.65. The van der Waals surface area contributed by atoms with E-state index in [2.05, 4.69) is 5.32 Å². The van der Waals surface area contributed by atoms with Crippen LogP contribution < -0.4 is 5.32 Å². The van der Waals surface area contributed by atoms with Crippen molar-refractivity contribution in [2.45, 2.75) is 51.1 Å². The summed E-state index contributed by atoms with van der Waals surface area (Å²) in [5.74, 6) is -0.659. The van der Waals surface area contributed by atoms with Crippen molar-refractivity contribution in [1.29, 1.82) is 0 Å². The first-order valence-electron chi connectivity index (χ1n) is 5.65. The van der Waals surface area contributed by atoms with Gasteiger partial charge in [0.15, 0.2) is 0 Å². The fraction of sp³-hybridized carbons (Fsp3) is 0.909. The average Bonchev–Trinajstić information content (AvgIpc) is 2.21. The van der Waals surface area contributed by atoms with Gasteiger partial charge in [0.25, 0.3) is 0 Å². The Bertz CT molecular complexity index is 232. The summed E-state index contributed by atoms with van der Waals surface area (Å²) < 4.78 is 0. The molecule has 4 nitrogen and oxygen atoms in total. The van der Waals surface area contributed by atoms with Crippen LogP contribution in [0.25, 0.3) is 0 Å². The van der Waals surface area contributed by atoms with Crippen LogP contribution in [0.2, 0.25) is 0 Å². The Labute approximate surface area is 90.7 Å². The number of aliphatic carboxylic acids is 1. The molecule has 0 radical (unpaired) electrons. The smallest absolute Gasteiger partial charge is 0.324 e. The molecule has 1 saturated carbocycles. The number of hydrogen-bond acceptors (Lipinski definition) is 3. The first-order chi connectivity index (χ1) is 7.03. The Morgan fingerprint density at radius 2 is 2.27 bits per heavy atom. The highest BCUT2D eigenvalue weighted by Crippen LogP contribution is 2.34. The maximum absolute atomic E-state index is 11.4. The van der Waals surface area contributed by atoms with Crippen molar-refractivity contribution in [3.63, 3.8) is 0 Å². The molecule has 15 heavy (non-hydrogen) atoms. The molecule has 0 aromatic heterocycles. The fourth-order valence-electron chi connectivity index (χ4n) is 2.43. The molecule has 1 fully saturated rings. The molecule has 1 aliphatic rings. The number of rotatable bonds is 4. The highest BCUT2D eigenvalue weighted by Gasteiger charge is 2.45. The maximum Gasteiger partial charge on any atom is 0.324 e. The molecule has 3 unspecified atom stereocenters. The standard InChI is InChI=1S/C11H21NO3/c1-8-5-3-4-6-11(8,10(14)15)12-9(2)7-13/h8-9,12-13H,3-7H2,1-2H3,(H,14,15). The van der Waals surface area contributed by atoms with Gasteiger partial charge in [-0.2, -0.15) is 0 Å². The second-order valence-electron chi connectivity index (χ2n) is 4.65. The van der Waals surface area contributed by atoms with Crippen molar-refractivity contribution in [1.82, 2.24) is 5.32 Å². The van der Waals surface area contributed by atoms with Gasteiger partial charge in [-0.15, -0.1) is 0 Å². The second-order valence-corrected chi connectivity index (χ2v) is 4.65. The normalized spacial score (nSPS) is 33.7. The molecule has 0 aromatic rings. The molecule has 88 valence electrons. The van der Waals surface area contributed by atoms with Gasteiger partial charge in [-0.25, -0.2) is 0 Å². The van der Waals surface area contributed by atoms with Crippen molar-refractivity contribution < 1.29 is 15.0 Å². The van der Waals surface area contributed by atoms with Crippen molar-refractivity contribution in [3.05, 3.63) is 0 Å². The Balaban J connectivity index is 2.81. The average molecular weight is 215 g/mol. The van der Waals surface area contributed by atoms with Crippen LogP contribution in [0.4, 0.5) is 0 Å². The van der Waals surface area contributed by atoms with Crippen LogP contribution in [0, 0.1) is 5.92 Å². The predicted octanol–water partition coefficient (Wildman–Crippen LogP) is 0.990. The molecule has 0 saturated heterocycles. The van der Waals surface area contributed by atoms with Gasteiger partial charge in [-0.1, -0.05) is 19.8 Å². The maximum atomic E-state index is 11.4. The molecular weight excluding hydrogens is 194 g/mol. The van der Waals surface area contributed by atoms with Crippen LogP contribution in [0.3, 0.4) is 0 Å². The summed E-state index contributed by atoms with van der Waals surface area (Å²) in [6.45, 7) is 3.76. The monoisotopic (exact) mass is 215 g/mol. The van der Waals surface area contributed by atoms with Crippen LogP contribution >= 0.6 is 0 Å². The van der Waals surface area contributed by atoms with E-state index in [0.717, 1.165) is 19.3 Å². The van der Waals surface area contributed by atoms with Gasteiger partial charge in [0.1, 0.15) is 5.54 Å². The van der Waals surface area contributed by atoms with E-state index in [9.17, 15) is 9.90 Å². The number of aliphatic hydroxyl groups excluding tert-OH is 1. The van der Waals surface area contributed by atoms with E-state index in [1.807, 2.05) is 13.8 Å². The minimum Gasteiger partial charge on any atom is -0.480 e. The molecular formula is C11H21NO3. The highest BCUT2D eigenvalue weighted by atomic mass is 16.4. The van der Waals surface area contributed by atoms with Gasteiger partial charge in [-0.3, -0.25) is 10.1 Å². The summed E-state index contributed by atoms with van der Waals surface area (Å²) in [7, 11) is 0. The quantitative estimate of drug-likeness (QED) is 0.654. The van der Waals surface area contributed by atoms with E-state index in [-0.39, 0.29) is 18.6 Å². The molecule has 1 aliphatic carbocycles. The fourth-order valence-corrected chi connectivity index (χ4v) is 2.43. The minimum atomic E-state index is -0.833. The molecule has 0 spiro atoms. The lowest BCUT2D eigenvalue weighted by atomic mass is 9.73. The van der Waals surface area contributed by atoms with Gasteiger partial charge in [0.2, 0.25) is 0 Å². The number of carbonyl (C=O) groups is 1. The SMILES string of the molecule is CC(CO)NC1(C(=O)O)CCCCC1C. The van der Waals surface area contributed by atoms with Crippen molar-refractivity contribution in [2.24, 2.45) is 5.92 Å². The Kier molecular flexibility index (Phi) is 4.11. The third kappa shape index (κ3) is 2.49. The lowest BCUT2D eigenvalue weighted by molar-refractivity contribution is -0.149. The van der Waals surface area contributed by atoms with E-state index in [1.165, 1.54) is 0 Å². The summed E-state index contributed by atoms with van der Waals surface area (Å²) in [5.41, 5.74) is -0.833. The zero-order chi connectivity index (χ0) is 11.5. The topological polar surface area (TPSA) is 69.6 Å². The molecule has 0 amide bonds. The van der Waals surface area contributed by atoms with E-state index in [4.69, 9.17) is 5.11 Å². The van der Waals surface area contributed by atoms with Gasteiger partial charge < -0.3 is 10.2 Å². The summed E-state index contributed by atoms with van der Waals surface area (Å²) in [6.07, 6.45) is 3.65. The van der Waals surface area contributed by atoms with Crippen LogP contribution in [0.5, 0.6) is 0 Å². The van der Waals surface area contributed by atoms with Gasteiger partial charge in [0, 0.05) is 6.04 Å². The van der Waals surface area contributed by atoms with Gasteiger partial charge >= 0.3 is 5.97 Å². The van der Waals surface area contributed by atoms with Crippen LogP contribution in [0.15, 0.2) is 0 Å². The van der Waals surface area contributed by atoms with Crippen LogP contribution in [0.1, 0.15) is 39.5 Å². The van der Waals surface area contributed by atoms with Crippen molar-refractivity contribution >= 4 is 5.97 Å². The Morgan fingerprint density at radius 1 is 1.60 bits per heavy atom. The van der Waals surface area contributed by atoms with E-state index in [0.29, 0.717) is 6.42 Å². The van der Waals surface area contributed by atoms with Crippen LogP contribution in [-0.2, 0) is 4.79 Å². The Hall–Kier alpha value is -0.610.